The summed E-state index contributed by atoms with van der Waals surface area (Å²) in [7, 11) is -2.29. The first kappa shape index (κ1) is 16.3. The predicted octanol–water partition coefficient (Wildman–Crippen LogP) is 3.15. The van der Waals surface area contributed by atoms with Gasteiger partial charge in [-0.1, -0.05) is 23.2 Å². The Labute approximate surface area is 134 Å². The van der Waals surface area contributed by atoms with Gasteiger partial charge in [0.2, 0.25) is 10.0 Å². The molecule has 0 aliphatic carbocycles. The van der Waals surface area contributed by atoms with Gasteiger partial charge in [0.25, 0.3) is 0 Å². The van der Waals surface area contributed by atoms with Crippen LogP contribution in [0, 0.1) is 13.8 Å². The number of nitrogens with one attached hydrogen (secondary N) is 1. The number of imidazole rings is 1. The van der Waals surface area contributed by atoms with Gasteiger partial charge in [0, 0.05) is 24.5 Å². The molecule has 1 N–H and O–H groups in total. The van der Waals surface area contributed by atoms with E-state index in [2.05, 4.69) is 9.97 Å². The lowest BCUT2D eigenvalue weighted by atomic mass is 10.2. The topological polar surface area (TPSA) is 66.1 Å². The van der Waals surface area contributed by atoms with Crippen LogP contribution in [0.25, 0.3) is 0 Å². The third-order valence-corrected chi connectivity index (χ3v) is 6.15. The van der Waals surface area contributed by atoms with Crippen LogP contribution in [-0.2, 0) is 16.6 Å². The summed E-state index contributed by atoms with van der Waals surface area (Å²) in [5, 5.41) is 0.574. The molecule has 0 radical (unpaired) electrons. The Morgan fingerprint density at radius 2 is 2.00 bits per heavy atom. The van der Waals surface area contributed by atoms with Crippen LogP contribution in [0.2, 0.25) is 10.0 Å². The van der Waals surface area contributed by atoms with Crippen LogP contribution in [0.15, 0.2) is 23.4 Å². The van der Waals surface area contributed by atoms with Crippen molar-refractivity contribution in [2.24, 2.45) is 0 Å². The summed E-state index contributed by atoms with van der Waals surface area (Å²) in [4.78, 5) is 6.93. The lowest BCUT2D eigenvalue weighted by Crippen LogP contribution is -2.28. The fourth-order valence-corrected chi connectivity index (χ4v) is 4.25. The second-order valence-corrected chi connectivity index (χ2v) is 7.51. The molecule has 0 bridgehead atoms. The molecule has 1 aromatic heterocycles. The van der Waals surface area contributed by atoms with Crippen molar-refractivity contribution in [3.63, 3.8) is 0 Å². The summed E-state index contributed by atoms with van der Waals surface area (Å²) >= 11 is 12.3. The Morgan fingerprint density at radius 3 is 2.57 bits per heavy atom. The molecule has 1 aromatic carbocycles. The molecule has 2 rings (SSSR count). The maximum Gasteiger partial charge on any atom is 0.245 e. The highest BCUT2D eigenvalue weighted by molar-refractivity contribution is 7.89. The zero-order valence-corrected chi connectivity index (χ0v) is 14.1. The van der Waals surface area contributed by atoms with Gasteiger partial charge in [-0.2, -0.15) is 4.31 Å². The largest absolute Gasteiger partial charge is 0.347 e. The lowest BCUT2D eigenvalue weighted by Gasteiger charge is -2.20. The second kappa shape index (κ2) is 5.96. The average Bonchev–Trinajstić information content (AvgIpc) is 2.89. The fourth-order valence-electron chi connectivity index (χ4n) is 1.96. The van der Waals surface area contributed by atoms with E-state index in [0.717, 1.165) is 0 Å². The van der Waals surface area contributed by atoms with Gasteiger partial charge in [0.15, 0.2) is 0 Å². The minimum absolute atomic E-state index is 0.0447. The normalized spacial score (nSPS) is 12.1. The molecule has 0 saturated carbocycles. The number of aromatic amines is 1. The smallest absolute Gasteiger partial charge is 0.245 e. The molecule has 5 nitrogen and oxygen atoms in total. The number of nitrogens with zero attached hydrogens (tertiary/aromatic N) is 2. The summed E-state index contributed by atoms with van der Waals surface area (Å²) in [6.07, 6.45) is 3.20. The molecule has 0 amide bonds. The van der Waals surface area contributed by atoms with Gasteiger partial charge in [-0.25, -0.2) is 13.4 Å². The molecule has 0 aliphatic heterocycles. The molecular weight excluding hydrogens is 333 g/mol. The lowest BCUT2D eigenvalue weighted by molar-refractivity contribution is 0.457. The molecule has 0 spiro atoms. The quantitative estimate of drug-likeness (QED) is 0.923. The van der Waals surface area contributed by atoms with E-state index in [1.54, 1.807) is 32.3 Å². The maximum absolute atomic E-state index is 12.7. The standard InChI is InChI=1S/C13H15Cl2N3O2S/c1-8-6-10(14)9(2)13(12(8)15)21(19,20)18(3)7-11-16-4-5-17-11/h4-6H,7H2,1-3H3,(H,16,17). The molecule has 2 aromatic rings. The van der Waals surface area contributed by atoms with Gasteiger partial charge in [-0.15, -0.1) is 0 Å². The third-order valence-electron chi connectivity index (χ3n) is 3.18. The number of aryl methyl sites for hydroxylation is 1. The van der Waals surface area contributed by atoms with E-state index >= 15 is 0 Å². The number of aromatic nitrogens is 2. The maximum atomic E-state index is 12.7. The number of halogens is 2. The van der Waals surface area contributed by atoms with Gasteiger partial charge in [-0.3, -0.25) is 0 Å². The number of sulfonamides is 1. The Morgan fingerprint density at radius 1 is 1.33 bits per heavy atom. The Balaban J connectivity index is 2.49. The van der Waals surface area contributed by atoms with E-state index in [9.17, 15) is 8.42 Å². The van der Waals surface area contributed by atoms with Crippen LogP contribution >= 0.6 is 23.2 Å². The number of hydrogen-bond donors (Lipinski definition) is 1. The highest BCUT2D eigenvalue weighted by Crippen LogP contribution is 2.35. The molecule has 114 valence electrons. The van der Waals surface area contributed by atoms with Gasteiger partial charge >= 0.3 is 0 Å². The summed E-state index contributed by atoms with van der Waals surface area (Å²) in [5.74, 6) is 0.550. The van der Waals surface area contributed by atoms with Crippen molar-refractivity contribution in [1.82, 2.24) is 14.3 Å². The van der Waals surface area contributed by atoms with Gasteiger partial charge in [0.05, 0.1) is 11.6 Å². The van der Waals surface area contributed by atoms with E-state index < -0.39 is 10.0 Å². The Bertz CT molecular complexity index is 732. The Kier molecular flexibility index (Phi) is 4.63. The van der Waals surface area contributed by atoms with Crippen molar-refractivity contribution < 1.29 is 8.42 Å². The average molecular weight is 348 g/mol. The first-order valence-electron chi connectivity index (χ1n) is 6.15. The summed E-state index contributed by atoms with van der Waals surface area (Å²) < 4.78 is 26.7. The molecule has 0 aliphatic rings. The highest BCUT2D eigenvalue weighted by atomic mass is 35.5. The molecular formula is C13H15Cl2N3O2S. The molecule has 0 atom stereocenters. The third kappa shape index (κ3) is 3.08. The van der Waals surface area contributed by atoms with Crippen molar-refractivity contribution in [1.29, 1.82) is 0 Å². The van der Waals surface area contributed by atoms with Crippen molar-refractivity contribution in [2.45, 2.75) is 25.3 Å². The number of H-pyrrole nitrogens is 1. The highest BCUT2D eigenvalue weighted by Gasteiger charge is 2.28. The fraction of sp³-hybridized carbons (Fsp3) is 0.308. The second-order valence-electron chi connectivity index (χ2n) is 4.74. The summed E-state index contributed by atoms with van der Waals surface area (Å²) in [6, 6.07) is 1.66. The molecule has 21 heavy (non-hydrogen) atoms. The van der Waals surface area contributed by atoms with Gasteiger partial charge in [-0.05, 0) is 31.0 Å². The molecule has 0 saturated heterocycles. The van der Waals surface area contributed by atoms with Crippen molar-refractivity contribution >= 4 is 33.2 Å². The first-order chi connectivity index (χ1) is 9.75. The number of rotatable bonds is 4. The van der Waals surface area contributed by atoms with E-state index in [1.807, 2.05) is 0 Å². The summed E-state index contributed by atoms with van der Waals surface area (Å²) in [6.45, 7) is 3.48. The van der Waals surface area contributed by atoms with Gasteiger partial charge in [0.1, 0.15) is 10.7 Å². The predicted molar refractivity (Wildman–Crippen MR) is 83.2 cm³/mol. The van der Waals surface area contributed by atoms with Crippen molar-refractivity contribution in [3.8, 4) is 0 Å². The van der Waals surface area contributed by atoms with E-state index in [1.165, 1.54) is 11.4 Å². The van der Waals surface area contributed by atoms with Crippen LogP contribution in [0.5, 0.6) is 0 Å². The van der Waals surface area contributed by atoms with E-state index in [-0.39, 0.29) is 16.5 Å². The minimum atomic E-state index is -3.76. The first-order valence-corrected chi connectivity index (χ1v) is 8.34. The monoisotopic (exact) mass is 347 g/mol. The number of hydrogen-bond acceptors (Lipinski definition) is 3. The zero-order chi connectivity index (χ0) is 15.8. The van der Waals surface area contributed by atoms with Crippen LogP contribution in [0.3, 0.4) is 0 Å². The van der Waals surface area contributed by atoms with Crippen LogP contribution in [0.4, 0.5) is 0 Å². The Hall–Kier alpha value is -1.08. The zero-order valence-electron chi connectivity index (χ0n) is 11.8. The van der Waals surface area contributed by atoms with E-state index in [0.29, 0.717) is 22.0 Å². The summed E-state index contributed by atoms with van der Waals surface area (Å²) in [5.41, 5.74) is 1.07. The molecule has 0 fully saturated rings. The van der Waals surface area contributed by atoms with Gasteiger partial charge < -0.3 is 4.98 Å². The SMILES string of the molecule is Cc1cc(Cl)c(C)c(S(=O)(=O)N(C)Cc2ncc[nH]2)c1Cl. The molecule has 1 heterocycles. The van der Waals surface area contributed by atoms with E-state index in [4.69, 9.17) is 23.2 Å². The molecule has 0 unspecified atom stereocenters. The number of benzene rings is 1. The molecule has 8 heteroatoms. The van der Waals surface area contributed by atoms with Crippen LogP contribution in [0.1, 0.15) is 17.0 Å². The van der Waals surface area contributed by atoms with Crippen molar-refractivity contribution in [3.05, 3.63) is 45.5 Å². The minimum Gasteiger partial charge on any atom is -0.347 e. The van der Waals surface area contributed by atoms with Crippen LogP contribution in [-0.4, -0.2) is 29.7 Å². The van der Waals surface area contributed by atoms with Crippen LogP contribution < -0.4 is 0 Å². The van der Waals surface area contributed by atoms with Crippen molar-refractivity contribution in [2.75, 3.05) is 7.05 Å².